The standard InChI is InChI=1S/C17H17NO4/c1-11(19)16-14(21-2)9-13(10-15(16)22-3)18-17(20)12-7-5-4-6-8-12/h4-10H,1-3H3,(H,18,20). The van der Waals surface area contributed by atoms with Crippen LogP contribution in [0.1, 0.15) is 27.6 Å². The van der Waals surface area contributed by atoms with E-state index in [0.29, 0.717) is 28.3 Å². The lowest BCUT2D eigenvalue weighted by Crippen LogP contribution is -2.12. The normalized spacial score (nSPS) is 9.95. The zero-order chi connectivity index (χ0) is 16.1. The molecule has 0 saturated carbocycles. The number of amides is 1. The molecule has 2 aromatic rings. The van der Waals surface area contributed by atoms with E-state index in [1.807, 2.05) is 6.07 Å². The predicted molar refractivity (Wildman–Crippen MR) is 83.9 cm³/mol. The molecule has 0 radical (unpaired) electrons. The van der Waals surface area contributed by atoms with Crippen LogP contribution in [0.15, 0.2) is 42.5 Å². The molecule has 2 aromatic carbocycles. The van der Waals surface area contributed by atoms with Crippen LogP contribution in [0.25, 0.3) is 0 Å². The second-order valence-electron chi connectivity index (χ2n) is 4.63. The summed E-state index contributed by atoms with van der Waals surface area (Å²) in [4.78, 5) is 23.9. The largest absolute Gasteiger partial charge is 0.496 e. The maximum atomic E-state index is 12.2. The Hall–Kier alpha value is -2.82. The van der Waals surface area contributed by atoms with Gasteiger partial charge < -0.3 is 14.8 Å². The van der Waals surface area contributed by atoms with Crippen LogP contribution in [-0.2, 0) is 0 Å². The zero-order valence-corrected chi connectivity index (χ0v) is 12.7. The van der Waals surface area contributed by atoms with Crippen molar-refractivity contribution in [3.8, 4) is 11.5 Å². The second kappa shape index (κ2) is 6.76. The van der Waals surface area contributed by atoms with Gasteiger partial charge in [0, 0.05) is 23.4 Å². The fourth-order valence-electron chi connectivity index (χ4n) is 2.12. The Morgan fingerprint density at radius 3 is 1.95 bits per heavy atom. The number of hydrogen-bond donors (Lipinski definition) is 1. The molecule has 0 aliphatic carbocycles. The summed E-state index contributed by atoms with van der Waals surface area (Å²) >= 11 is 0. The minimum Gasteiger partial charge on any atom is -0.496 e. The predicted octanol–water partition coefficient (Wildman–Crippen LogP) is 3.16. The Kier molecular flexibility index (Phi) is 4.78. The topological polar surface area (TPSA) is 64.6 Å². The summed E-state index contributed by atoms with van der Waals surface area (Å²) in [7, 11) is 2.92. The highest BCUT2D eigenvalue weighted by atomic mass is 16.5. The van der Waals surface area contributed by atoms with E-state index in [4.69, 9.17) is 9.47 Å². The van der Waals surface area contributed by atoms with Gasteiger partial charge >= 0.3 is 0 Å². The van der Waals surface area contributed by atoms with Gasteiger partial charge in [0.1, 0.15) is 17.1 Å². The Bertz CT molecular complexity index is 670. The van der Waals surface area contributed by atoms with Gasteiger partial charge in [0.2, 0.25) is 0 Å². The van der Waals surface area contributed by atoms with Gasteiger partial charge in [-0.1, -0.05) is 18.2 Å². The van der Waals surface area contributed by atoms with Crippen LogP contribution in [0.2, 0.25) is 0 Å². The van der Waals surface area contributed by atoms with E-state index in [9.17, 15) is 9.59 Å². The quantitative estimate of drug-likeness (QED) is 0.861. The molecule has 0 aliphatic rings. The highest BCUT2D eigenvalue weighted by Crippen LogP contribution is 2.33. The maximum Gasteiger partial charge on any atom is 0.255 e. The van der Waals surface area contributed by atoms with Crippen LogP contribution in [0, 0.1) is 0 Å². The van der Waals surface area contributed by atoms with Gasteiger partial charge in [-0.3, -0.25) is 9.59 Å². The number of ether oxygens (including phenoxy) is 2. The summed E-state index contributed by atoms with van der Waals surface area (Å²) in [6, 6.07) is 12.0. The highest BCUT2D eigenvalue weighted by molar-refractivity contribution is 6.05. The molecule has 5 heteroatoms. The van der Waals surface area contributed by atoms with Crippen molar-refractivity contribution in [2.45, 2.75) is 6.92 Å². The smallest absolute Gasteiger partial charge is 0.255 e. The molecule has 0 aromatic heterocycles. The lowest BCUT2D eigenvalue weighted by molar-refractivity contribution is 0.100. The summed E-state index contributed by atoms with van der Waals surface area (Å²) in [6.45, 7) is 1.43. The number of anilines is 1. The van der Waals surface area contributed by atoms with Gasteiger partial charge in [-0.2, -0.15) is 0 Å². The monoisotopic (exact) mass is 299 g/mol. The Morgan fingerprint density at radius 1 is 0.955 bits per heavy atom. The number of Topliss-reactive ketones (excluding diaryl/α,β-unsaturated/α-hetero) is 1. The fraction of sp³-hybridized carbons (Fsp3) is 0.176. The zero-order valence-electron chi connectivity index (χ0n) is 12.7. The van der Waals surface area contributed by atoms with Crippen molar-refractivity contribution in [3.63, 3.8) is 0 Å². The first-order valence-corrected chi connectivity index (χ1v) is 6.70. The molecule has 1 amide bonds. The summed E-state index contributed by atoms with van der Waals surface area (Å²) in [5.74, 6) is 0.292. The van der Waals surface area contributed by atoms with Crippen LogP contribution in [0.5, 0.6) is 11.5 Å². The van der Waals surface area contributed by atoms with Gasteiger partial charge in [0.25, 0.3) is 5.91 Å². The third kappa shape index (κ3) is 3.25. The number of rotatable bonds is 5. The molecular formula is C17H17NO4. The van der Waals surface area contributed by atoms with Crippen LogP contribution < -0.4 is 14.8 Å². The van der Waals surface area contributed by atoms with Gasteiger partial charge in [-0.05, 0) is 19.1 Å². The second-order valence-corrected chi connectivity index (χ2v) is 4.63. The molecule has 0 bridgehead atoms. The fourth-order valence-corrected chi connectivity index (χ4v) is 2.12. The van der Waals surface area contributed by atoms with Gasteiger partial charge in [-0.15, -0.1) is 0 Å². The average Bonchev–Trinajstić information content (AvgIpc) is 2.54. The molecule has 0 heterocycles. The Labute approximate surface area is 128 Å². The van der Waals surface area contributed by atoms with E-state index in [1.165, 1.54) is 21.1 Å². The minimum absolute atomic E-state index is 0.172. The van der Waals surface area contributed by atoms with Crippen LogP contribution >= 0.6 is 0 Å². The van der Waals surface area contributed by atoms with Crippen molar-refractivity contribution in [2.24, 2.45) is 0 Å². The van der Waals surface area contributed by atoms with Crippen LogP contribution in [0.4, 0.5) is 5.69 Å². The van der Waals surface area contributed by atoms with Gasteiger partial charge in [0.05, 0.1) is 14.2 Å². The van der Waals surface area contributed by atoms with Crippen molar-refractivity contribution in [1.82, 2.24) is 0 Å². The number of benzene rings is 2. The SMILES string of the molecule is COc1cc(NC(=O)c2ccccc2)cc(OC)c1C(C)=O. The summed E-state index contributed by atoms with van der Waals surface area (Å²) in [5.41, 5.74) is 1.38. The number of carbonyl (C=O) groups is 2. The third-order valence-corrected chi connectivity index (χ3v) is 3.15. The van der Waals surface area contributed by atoms with Crippen molar-refractivity contribution in [2.75, 3.05) is 19.5 Å². The molecule has 114 valence electrons. The molecule has 5 nitrogen and oxygen atoms in total. The number of methoxy groups -OCH3 is 2. The Morgan fingerprint density at radius 2 is 1.50 bits per heavy atom. The molecule has 0 fully saturated rings. The van der Waals surface area contributed by atoms with Gasteiger partial charge in [-0.25, -0.2) is 0 Å². The van der Waals surface area contributed by atoms with E-state index < -0.39 is 0 Å². The first-order chi connectivity index (χ1) is 10.6. The lowest BCUT2D eigenvalue weighted by Gasteiger charge is -2.14. The van der Waals surface area contributed by atoms with Crippen molar-refractivity contribution in [1.29, 1.82) is 0 Å². The summed E-state index contributed by atoms with van der Waals surface area (Å²) in [6.07, 6.45) is 0. The van der Waals surface area contributed by atoms with Crippen molar-refractivity contribution in [3.05, 3.63) is 53.6 Å². The number of carbonyl (C=O) groups excluding carboxylic acids is 2. The molecule has 1 N–H and O–H groups in total. The van der Waals surface area contributed by atoms with E-state index in [-0.39, 0.29) is 11.7 Å². The van der Waals surface area contributed by atoms with E-state index in [0.717, 1.165) is 0 Å². The lowest BCUT2D eigenvalue weighted by atomic mass is 10.1. The highest BCUT2D eigenvalue weighted by Gasteiger charge is 2.17. The minimum atomic E-state index is -0.250. The summed E-state index contributed by atoms with van der Waals surface area (Å²) in [5, 5.41) is 2.76. The first kappa shape index (κ1) is 15.6. The maximum absolute atomic E-state index is 12.2. The summed E-state index contributed by atoms with van der Waals surface area (Å²) < 4.78 is 10.4. The Balaban J connectivity index is 2.36. The number of hydrogen-bond acceptors (Lipinski definition) is 4. The van der Waals surface area contributed by atoms with E-state index in [1.54, 1.807) is 36.4 Å². The molecule has 22 heavy (non-hydrogen) atoms. The number of ketones is 1. The molecular weight excluding hydrogens is 282 g/mol. The first-order valence-electron chi connectivity index (χ1n) is 6.70. The molecule has 0 aliphatic heterocycles. The van der Waals surface area contributed by atoms with Crippen molar-refractivity contribution >= 4 is 17.4 Å². The molecule has 0 atom stereocenters. The molecule has 0 unspecified atom stereocenters. The molecule has 0 saturated heterocycles. The third-order valence-electron chi connectivity index (χ3n) is 3.15. The molecule has 0 spiro atoms. The average molecular weight is 299 g/mol. The van der Waals surface area contributed by atoms with E-state index >= 15 is 0 Å². The van der Waals surface area contributed by atoms with Crippen molar-refractivity contribution < 1.29 is 19.1 Å². The van der Waals surface area contributed by atoms with Crippen LogP contribution in [-0.4, -0.2) is 25.9 Å². The molecule has 2 rings (SSSR count). The van der Waals surface area contributed by atoms with Crippen LogP contribution in [0.3, 0.4) is 0 Å². The van der Waals surface area contributed by atoms with Gasteiger partial charge in [0.15, 0.2) is 5.78 Å². The van der Waals surface area contributed by atoms with E-state index in [2.05, 4.69) is 5.32 Å². The number of nitrogens with one attached hydrogen (secondary N) is 1.